The first-order valence-corrected chi connectivity index (χ1v) is 6.49. The van der Waals surface area contributed by atoms with Crippen LogP contribution in [-0.2, 0) is 0 Å². The number of hydrogen-bond donors (Lipinski definition) is 3. The van der Waals surface area contributed by atoms with Gasteiger partial charge in [-0.25, -0.2) is 0 Å². The topological polar surface area (TPSA) is 80.0 Å². The third-order valence-electron chi connectivity index (χ3n) is 4.28. The standard InChI is InChI=1S/C13H18N4O/c14-17-11-3-4-15-7-10(11)13(18)16-12-6-8-1-2-9(12)5-8/h3-4,7-9,12H,1-2,5-6,14H2,(H,15,17)(H,16,18). The van der Waals surface area contributed by atoms with Gasteiger partial charge in [0.1, 0.15) is 0 Å². The summed E-state index contributed by atoms with van der Waals surface area (Å²) in [4.78, 5) is 16.2. The number of nitrogen functional groups attached to an aromatic ring is 1. The van der Waals surface area contributed by atoms with Gasteiger partial charge in [0.25, 0.3) is 5.91 Å². The number of nitrogens with two attached hydrogens (primary N) is 1. The highest BCUT2D eigenvalue weighted by molar-refractivity contribution is 5.99. The summed E-state index contributed by atoms with van der Waals surface area (Å²) in [6.07, 6.45) is 8.16. The van der Waals surface area contributed by atoms with E-state index in [0.717, 1.165) is 12.3 Å². The van der Waals surface area contributed by atoms with Gasteiger partial charge in [-0.15, -0.1) is 0 Å². The average molecular weight is 246 g/mol. The maximum atomic E-state index is 12.2. The van der Waals surface area contributed by atoms with E-state index >= 15 is 0 Å². The van der Waals surface area contributed by atoms with Gasteiger partial charge in [0.05, 0.1) is 11.3 Å². The van der Waals surface area contributed by atoms with Crippen molar-refractivity contribution in [2.75, 3.05) is 5.43 Å². The Bertz CT molecular complexity index is 462. The molecule has 0 saturated heterocycles. The van der Waals surface area contributed by atoms with Crippen LogP contribution in [0.5, 0.6) is 0 Å². The molecule has 0 spiro atoms. The molecule has 3 unspecified atom stereocenters. The number of carbonyl (C=O) groups excluding carboxylic acids is 1. The van der Waals surface area contributed by atoms with Gasteiger partial charge in [-0.05, 0) is 37.2 Å². The fourth-order valence-corrected chi connectivity index (χ4v) is 3.37. The van der Waals surface area contributed by atoms with Crippen LogP contribution in [0.1, 0.15) is 36.0 Å². The first-order chi connectivity index (χ1) is 8.78. The second-order valence-electron chi connectivity index (χ2n) is 5.32. The van der Waals surface area contributed by atoms with E-state index in [1.807, 2.05) is 0 Å². The Morgan fingerprint density at radius 3 is 2.94 bits per heavy atom. The molecular weight excluding hydrogens is 228 g/mol. The van der Waals surface area contributed by atoms with Crippen LogP contribution in [0.4, 0.5) is 5.69 Å². The Kier molecular flexibility index (Phi) is 2.91. The lowest BCUT2D eigenvalue weighted by Gasteiger charge is -2.23. The lowest BCUT2D eigenvalue weighted by molar-refractivity contribution is 0.0923. The number of nitrogens with one attached hydrogen (secondary N) is 2. The van der Waals surface area contributed by atoms with Crippen molar-refractivity contribution in [3.63, 3.8) is 0 Å². The van der Waals surface area contributed by atoms with Gasteiger partial charge in [-0.2, -0.15) is 0 Å². The van der Waals surface area contributed by atoms with Crippen molar-refractivity contribution in [3.8, 4) is 0 Å². The highest BCUT2D eigenvalue weighted by atomic mass is 16.1. The minimum Gasteiger partial charge on any atom is -0.349 e. The van der Waals surface area contributed by atoms with Gasteiger partial charge in [0.2, 0.25) is 0 Å². The van der Waals surface area contributed by atoms with Crippen LogP contribution in [0.15, 0.2) is 18.5 Å². The van der Waals surface area contributed by atoms with E-state index < -0.39 is 0 Å². The Hall–Kier alpha value is -1.62. The monoisotopic (exact) mass is 246 g/mol. The van der Waals surface area contributed by atoms with Gasteiger partial charge in [0.15, 0.2) is 0 Å². The van der Waals surface area contributed by atoms with Crippen LogP contribution in [0.25, 0.3) is 0 Å². The maximum absolute atomic E-state index is 12.2. The average Bonchev–Trinajstić information content (AvgIpc) is 3.01. The molecule has 3 rings (SSSR count). The van der Waals surface area contributed by atoms with Crippen molar-refractivity contribution in [2.45, 2.75) is 31.7 Å². The molecule has 2 fully saturated rings. The van der Waals surface area contributed by atoms with Gasteiger partial charge in [-0.1, -0.05) is 6.42 Å². The van der Waals surface area contributed by atoms with Crippen LogP contribution >= 0.6 is 0 Å². The normalized spacial score (nSPS) is 29.3. The van der Waals surface area contributed by atoms with Gasteiger partial charge in [-0.3, -0.25) is 15.6 Å². The quantitative estimate of drug-likeness (QED) is 0.554. The largest absolute Gasteiger partial charge is 0.349 e. The van der Waals surface area contributed by atoms with Gasteiger partial charge >= 0.3 is 0 Å². The first kappa shape index (κ1) is 11.5. The number of rotatable bonds is 3. The number of hydrazine groups is 1. The van der Waals surface area contributed by atoms with E-state index in [1.165, 1.54) is 19.3 Å². The van der Waals surface area contributed by atoms with Crippen molar-refractivity contribution in [1.82, 2.24) is 10.3 Å². The Morgan fingerprint density at radius 2 is 2.28 bits per heavy atom. The molecule has 96 valence electrons. The van der Waals surface area contributed by atoms with Crippen LogP contribution in [-0.4, -0.2) is 16.9 Å². The van der Waals surface area contributed by atoms with Crippen molar-refractivity contribution in [2.24, 2.45) is 17.7 Å². The van der Waals surface area contributed by atoms with E-state index in [2.05, 4.69) is 15.7 Å². The summed E-state index contributed by atoms with van der Waals surface area (Å²) in [6, 6.07) is 2.04. The zero-order chi connectivity index (χ0) is 12.5. The number of fused-ring (bicyclic) bond motifs is 2. The maximum Gasteiger partial charge on any atom is 0.255 e. The summed E-state index contributed by atoms with van der Waals surface area (Å²) in [5.41, 5.74) is 3.67. The minimum absolute atomic E-state index is 0.0754. The van der Waals surface area contributed by atoms with Crippen LogP contribution in [0, 0.1) is 11.8 Å². The highest BCUT2D eigenvalue weighted by Crippen LogP contribution is 2.44. The Morgan fingerprint density at radius 1 is 1.39 bits per heavy atom. The smallest absolute Gasteiger partial charge is 0.255 e. The predicted octanol–water partition coefficient (Wildman–Crippen LogP) is 1.29. The van der Waals surface area contributed by atoms with E-state index in [0.29, 0.717) is 23.2 Å². The fraction of sp³-hybridized carbons (Fsp3) is 0.538. The molecule has 2 saturated carbocycles. The molecule has 1 aromatic heterocycles. The lowest BCUT2D eigenvalue weighted by atomic mass is 9.95. The summed E-state index contributed by atoms with van der Waals surface area (Å²) >= 11 is 0. The summed E-state index contributed by atoms with van der Waals surface area (Å²) in [6.45, 7) is 0. The number of nitrogens with zero attached hydrogens (tertiary/aromatic N) is 1. The van der Waals surface area contributed by atoms with Crippen LogP contribution in [0.3, 0.4) is 0 Å². The molecule has 1 heterocycles. The number of carbonyl (C=O) groups is 1. The molecule has 1 amide bonds. The zero-order valence-corrected chi connectivity index (χ0v) is 10.2. The third kappa shape index (κ3) is 1.95. The second kappa shape index (κ2) is 4.57. The number of aromatic nitrogens is 1. The van der Waals surface area contributed by atoms with E-state index in [4.69, 9.17) is 5.84 Å². The Labute approximate surface area is 106 Å². The molecule has 4 N–H and O–H groups in total. The highest BCUT2D eigenvalue weighted by Gasteiger charge is 2.40. The summed E-state index contributed by atoms with van der Waals surface area (Å²) < 4.78 is 0. The number of pyridine rings is 1. The second-order valence-corrected chi connectivity index (χ2v) is 5.32. The molecule has 5 nitrogen and oxygen atoms in total. The molecular formula is C13H18N4O. The fourth-order valence-electron chi connectivity index (χ4n) is 3.37. The molecule has 2 bridgehead atoms. The first-order valence-electron chi connectivity index (χ1n) is 6.49. The summed E-state index contributed by atoms with van der Waals surface area (Å²) in [5.74, 6) is 6.82. The predicted molar refractivity (Wildman–Crippen MR) is 68.7 cm³/mol. The summed E-state index contributed by atoms with van der Waals surface area (Å²) in [7, 11) is 0. The van der Waals surface area contributed by atoms with Crippen molar-refractivity contribution in [1.29, 1.82) is 0 Å². The molecule has 0 aromatic carbocycles. The van der Waals surface area contributed by atoms with Crippen molar-refractivity contribution >= 4 is 11.6 Å². The zero-order valence-electron chi connectivity index (χ0n) is 10.2. The molecule has 2 aliphatic carbocycles. The van der Waals surface area contributed by atoms with E-state index in [-0.39, 0.29) is 5.91 Å². The molecule has 1 aromatic rings. The molecule has 3 atom stereocenters. The summed E-state index contributed by atoms with van der Waals surface area (Å²) in [5, 5.41) is 3.13. The van der Waals surface area contributed by atoms with Crippen LogP contribution < -0.4 is 16.6 Å². The number of hydrogen-bond acceptors (Lipinski definition) is 4. The van der Waals surface area contributed by atoms with Gasteiger partial charge in [0, 0.05) is 18.4 Å². The molecule has 0 radical (unpaired) electrons. The third-order valence-corrected chi connectivity index (χ3v) is 4.28. The van der Waals surface area contributed by atoms with E-state index in [1.54, 1.807) is 18.5 Å². The lowest BCUT2D eigenvalue weighted by Crippen LogP contribution is -2.38. The number of amides is 1. The molecule has 0 aliphatic heterocycles. The molecule has 5 heteroatoms. The molecule has 2 aliphatic rings. The van der Waals surface area contributed by atoms with E-state index in [9.17, 15) is 4.79 Å². The Balaban J connectivity index is 1.71. The van der Waals surface area contributed by atoms with Crippen LogP contribution in [0.2, 0.25) is 0 Å². The van der Waals surface area contributed by atoms with Crippen molar-refractivity contribution < 1.29 is 4.79 Å². The minimum atomic E-state index is -0.0754. The molecule has 18 heavy (non-hydrogen) atoms. The van der Waals surface area contributed by atoms with Crippen molar-refractivity contribution in [3.05, 3.63) is 24.0 Å². The van der Waals surface area contributed by atoms with Gasteiger partial charge < -0.3 is 10.7 Å². The SMILES string of the molecule is NNc1ccncc1C(=O)NC1CC2CCC1C2. The number of anilines is 1.